The van der Waals surface area contributed by atoms with Gasteiger partial charge in [-0.1, -0.05) is 6.42 Å². The van der Waals surface area contributed by atoms with Gasteiger partial charge in [-0.05, 0) is 26.3 Å². The van der Waals surface area contributed by atoms with Crippen molar-refractivity contribution in [3.8, 4) is 0 Å². The van der Waals surface area contributed by atoms with Gasteiger partial charge in [-0.3, -0.25) is 19.2 Å². The van der Waals surface area contributed by atoms with Gasteiger partial charge >= 0.3 is 11.9 Å². The predicted molar refractivity (Wildman–Crippen MR) is 105 cm³/mol. The first kappa shape index (κ1) is 28.2. The van der Waals surface area contributed by atoms with Gasteiger partial charge in [0.25, 0.3) is 0 Å². The van der Waals surface area contributed by atoms with Gasteiger partial charge in [0, 0.05) is 0 Å². The van der Waals surface area contributed by atoms with Crippen LogP contribution >= 0.6 is 0 Å². The molecule has 0 heterocycles. The van der Waals surface area contributed by atoms with Crippen molar-refractivity contribution in [2.45, 2.75) is 62.9 Å². The van der Waals surface area contributed by atoms with Crippen LogP contribution in [0.5, 0.6) is 0 Å². The Morgan fingerprint density at radius 1 is 0.903 bits per heavy atom. The second-order valence-electron chi connectivity index (χ2n) is 6.86. The van der Waals surface area contributed by atoms with Crippen LogP contribution in [0.25, 0.3) is 0 Å². The second-order valence-corrected chi connectivity index (χ2v) is 6.86. The van der Waals surface area contributed by atoms with E-state index in [1.54, 1.807) is 0 Å². The molecule has 31 heavy (non-hydrogen) atoms. The summed E-state index contributed by atoms with van der Waals surface area (Å²) < 4.78 is 0. The Bertz CT molecular complexity index is 643. The van der Waals surface area contributed by atoms with Gasteiger partial charge < -0.3 is 47.8 Å². The molecule has 5 atom stereocenters. The predicted octanol–water partition coefficient (Wildman–Crippen LogP) is -4.17. The van der Waals surface area contributed by atoms with Crippen LogP contribution in [0.4, 0.5) is 0 Å². The molecule has 0 radical (unpaired) electrons. The molecule has 0 rings (SSSR count). The zero-order valence-electron chi connectivity index (χ0n) is 17.1. The number of carbonyl (C=O) groups is 5. The molecule has 0 aliphatic carbocycles. The van der Waals surface area contributed by atoms with Crippen LogP contribution in [0, 0.1) is 0 Å². The number of rotatable bonds is 15. The Morgan fingerprint density at radius 3 is 1.90 bits per heavy atom. The van der Waals surface area contributed by atoms with Crippen LogP contribution in [0.1, 0.15) is 32.6 Å². The number of nitrogens with two attached hydrogens (primary N) is 2. The number of amides is 3. The molecule has 3 amide bonds. The van der Waals surface area contributed by atoms with E-state index in [0.717, 1.165) is 6.92 Å². The molecule has 0 saturated heterocycles. The monoisotopic (exact) mass is 449 g/mol. The number of aliphatic hydroxyl groups is 2. The summed E-state index contributed by atoms with van der Waals surface area (Å²) >= 11 is 0. The number of carboxylic acids is 2. The minimum absolute atomic E-state index is 0.252. The summed E-state index contributed by atoms with van der Waals surface area (Å²) in [5, 5.41) is 42.9. The molecular weight excluding hydrogens is 418 g/mol. The van der Waals surface area contributed by atoms with Crippen LogP contribution in [-0.2, 0) is 24.0 Å². The number of unbranched alkanes of at least 4 members (excludes halogenated alkanes) is 1. The Kier molecular flexibility index (Phi) is 12.9. The normalized spacial score (nSPS) is 15.6. The SMILES string of the molecule is CC(O)C(NC(=O)C(CO)NC(=O)C(CC(=O)O)NC(=O)C(N)CCCCN)C(=O)O. The van der Waals surface area contributed by atoms with Crippen molar-refractivity contribution < 1.29 is 44.4 Å². The first-order chi connectivity index (χ1) is 14.4. The fourth-order valence-electron chi connectivity index (χ4n) is 2.41. The van der Waals surface area contributed by atoms with Crippen LogP contribution in [0.15, 0.2) is 0 Å². The largest absolute Gasteiger partial charge is 0.481 e. The lowest BCUT2D eigenvalue weighted by atomic mass is 10.1. The Morgan fingerprint density at radius 2 is 1.45 bits per heavy atom. The van der Waals surface area contributed by atoms with Crippen molar-refractivity contribution in [1.29, 1.82) is 0 Å². The van der Waals surface area contributed by atoms with Gasteiger partial charge in [-0.2, -0.15) is 0 Å². The fourth-order valence-corrected chi connectivity index (χ4v) is 2.41. The molecule has 0 spiro atoms. The van der Waals surface area contributed by atoms with Crippen LogP contribution in [-0.4, -0.2) is 93.5 Å². The second kappa shape index (κ2) is 14.2. The molecule has 0 aliphatic heterocycles. The lowest BCUT2D eigenvalue weighted by Gasteiger charge is -2.24. The molecule has 5 unspecified atom stereocenters. The van der Waals surface area contributed by atoms with Crippen molar-refractivity contribution in [3.05, 3.63) is 0 Å². The topological polar surface area (TPSA) is 254 Å². The van der Waals surface area contributed by atoms with E-state index in [9.17, 15) is 34.2 Å². The maximum absolute atomic E-state index is 12.4. The molecule has 11 N–H and O–H groups in total. The van der Waals surface area contributed by atoms with E-state index in [1.807, 2.05) is 10.6 Å². The van der Waals surface area contributed by atoms with Crippen molar-refractivity contribution in [3.63, 3.8) is 0 Å². The van der Waals surface area contributed by atoms with Crippen molar-refractivity contribution in [1.82, 2.24) is 16.0 Å². The molecule has 0 aliphatic rings. The van der Waals surface area contributed by atoms with Gasteiger partial charge in [0.1, 0.15) is 12.1 Å². The van der Waals surface area contributed by atoms with Gasteiger partial charge in [0.15, 0.2) is 6.04 Å². The number of hydrogen-bond donors (Lipinski definition) is 9. The molecule has 14 nitrogen and oxygen atoms in total. The van der Waals surface area contributed by atoms with Crippen LogP contribution < -0.4 is 27.4 Å². The number of carboxylic acid groups (broad SMARTS) is 2. The minimum atomic E-state index is -1.71. The standard InChI is InChI=1S/C17H31N5O9/c1-8(24)13(17(30)31)22-16(29)11(7-23)21-15(28)10(6-12(25)26)20-14(27)9(19)4-2-3-5-18/h8-11,13,23-24H,2-7,18-19H2,1H3,(H,20,27)(H,21,28)(H,22,29)(H,25,26)(H,30,31). The van der Waals surface area contributed by atoms with Gasteiger partial charge in [-0.15, -0.1) is 0 Å². The summed E-state index contributed by atoms with van der Waals surface area (Å²) in [4.78, 5) is 58.9. The highest BCUT2D eigenvalue weighted by Gasteiger charge is 2.32. The van der Waals surface area contributed by atoms with Gasteiger partial charge in [0.05, 0.1) is 25.2 Å². The Labute approximate surface area is 178 Å². The Hall–Kier alpha value is -2.81. The third-order valence-electron chi connectivity index (χ3n) is 4.18. The zero-order valence-corrected chi connectivity index (χ0v) is 17.1. The molecular formula is C17H31N5O9. The molecule has 0 saturated carbocycles. The molecule has 0 fully saturated rings. The van der Waals surface area contributed by atoms with Crippen LogP contribution in [0.2, 0.25) is 0 Å². The van der Waals surface area contributed by atoms with Gasteiger partial charge in [0.2, 0.25) is 17.7 Å². The minimum Gasteiger partial charge on any atom is -0.481 e. The van der Waals surface area contributed by atoms with E-state index >= 15 is 0 Å². The average Bonchev–Trinajstić information content (AvgIpc) is 2.68. The van der Waals surface area contributed by atoms with E-state index in [-0.39, 0.29) is 6.42 Å². The van der Waals surface area contributed by atoms with Crippen molar-refractivity contribution in [2.24, 2.45) is 11.5 Å². The van der Waals surface area contributed by atoms with E-state index in [4.69, 9.17) is 21.7 Å². The summed E-state index contributed by atoms with van der Waals surface area (Å²) in [5.74, 6) is -6.01. The maximum Gasteiger partial charge on any atom is 0.328 e. The van der Waals surface area contributed by atoms with Crippen molar-refractivity contribution in [2.75, 3.05) is 13.2 Å². The molecule has 0 aromatic heterocycles. The number of aliphatic hydroxyl groups excluding tert-OH is 2. The summed E-state index contributed by atoms with van der Waals surface area (Å²) in [6.07, 6.45) is -0.893. The number of hydrogen-bond acceptors (Lipinski definition) is 9. The average molecular weight is 449 g/mol. The highest BCUT2D eigenvalue weighted by atomic mass is 16.4. The number of aliphatic carboxylic acids is 2. The van der Waals surface area contributed by atoms with E-state index in [0.29, 0.717) is 19.4 Å². The number of carbonyl (C=O) groups excluding carboxylic acids is 3. The highest BCUT2D eigenvalue weighted by Crippen LogP contribution is 2.02. The summed E-state index contributed by atoms with van der Waals surface area (Å²) in [7, 11) is 0. The molecule has 14 heteroatoms. The quantitative estimate of drug-likeness (QED) is 0.108. The summed E-state index contributed by atoms with van der Waals surface area (Å²) in [6, 6.07) is -6.01. The fraction of sp³-hybridized carbons (Fsp3) is 0.706. The Balaban J connectivity index is 5.17. The lowest BCUT2D eigenvalue weighted by molar-refractivity contribution is -0.146. The molecule has 0 aromatic rings. The third-order valence-corrected chi connectivity index (χ3v) is 4.18. The van der Waals surface area contributed by atoms with Crippen LogP contribution in [0.3, 0.4) is 0 Å². The molecule has 178 valence electrons. The first-order valence-electron chi connectivity index (χ1n) is 9.54. The summed E-state index contributed by atoms with van der Waals surface area (Å²) in [5.41, 5.74) is 11.1. The zero-order chi connectivity index (χ0) is 24.1. The van der Waals surface area contributed by atoms with Gasteiger partial charge in [-0.25, -0.2) is 4.79 Å². The first-order valence-corrected chi connectivity index (χ1v) is 9.54. The van der Waals surface area contributed by atoms with E-state index in [1.165, 1.54) is 0 Å². The van der Waals surface area contributed by atoms with Crippen molar-refractivity contribution >= 4 is 29.7 Å². The molecule has 0 aromatic carbocycles. The highest BCUT2D eigenvalue weighted by molar-refractivity contribution is 5.95. The third kappa shape index (κ3) is 10.7. The molecule has 0 bridgehead atoms. The maximum atomic E-state index is 12.4. The lowest BCUT2D eigenvalue weighted by Crippen LogP contribution is -2.59. The van der Waals surface area contributed by atoms with E-state index in [2.05, 4.69) is 5.32 Å². The number of nitrogens with one attached hydrogen (secondary N) is 3. The van der Waals surface area contributed by atoms with E-state index < -0.39 is 73.0 Å². The summed E-state index contributed by atoms with van der Waals surface area (Å²) in [6.45, 7) is 0.553. The smallest absolute Gasteiger partial charge is 0.328 e.